The second-order valence-corrected chi connectivity index (χ2v) is 11.0. The van der Waals surface area contributed by atoms with Crippen LogP contribution < -0.4 is 25.2 Å². The monoisotopic (exact) mass is 574 g/mol. The lowest BCUT2D eigenvalue weighted by molar-refractivity contribution is 0.122. The van der Waals surface area contributed by atoms with E-state index >= 15 is 0 Å². The number of nitrogens with zero attached hydrogens (tertiary/aromatic N) is 6. The minimum absolute atomic E-state index is 0.0482. The second kappa shape index (κ2) is 12.4. The number of hydrogen-bond acceptors (Lipinski definition) is 11. The molecule has 1 atom stereocenters. The molecule has 12 heteroatoms. The molecule has 2 aliphatic rings. The Bertz CT molecular complexity index is 1500. The van der Waals surface area contributed by atoms with Crippen LogP contribution in [0.15, 0.2) is 42.9 Å². The summed E-state index contributed by atoms with van der Waals surface area (Å²) in [5.41, 5.74) is 4.85. The fourth-order valence-electron chi connectivity index (χ4n) is 5.58. The van der Waals surface area contributed by atoms with Crippen LogP contribution in [-0.4, -0.2) is 68.2 Å². The zero-order chi connectivity index (χ0) is 29.1. The van der Waals surface area contributed by atoms with Crippen molar-refractivity contribution in [3.8, 4) is 11.6 Å². The lowest BCUT2D eigenvalue weighted by Crippen LogP contribution is -2.37. The van der Waals surface area contributed by atoms with E-state index < -0.39 is 0 Å². The molecule has 42 heavy (non-hydrogen) atoms. The van der Waals surface area contributed by atoms with E-state index in [1.54, 1.807) is 17.0 Å². The number of aryl methyl sites for hydroxylation is 1. The molecule has 0 spiro atoms. The Morgan fingerprint density at radius 3 is 2.55 bits per heavy atom. The molecule has 0 amide bonds. The van der Waals surface area contributed by atoms with Crippen LogP contribution in [0.3, 0.4) is 0 Å². The van der Waals surface area contributed by atoms with Crippen molar-refractivity contribution >= 4 is 28.5 Å². The number of ether oxygens (including phenoxy) is 3. The van der Waals surface area contributed by atoms with Crippen molar-refractivity contribution in [2.24, 2.45) is 7.05 Å². The SMILES string of the molecule is Cc1ccc(NC2CCC(Oc3nc(N4CCOCC4)cc4ncc(OC(C)c5cnc(NO)n5C)cc34)CC2)nc1. The van der Waals surface area contributed by atoms with Gasteiger partial charge in [0.1, 0.15) is 29.6 Å². The zero-order valence-corrected chi connectivity index (χ0v) is 24.3. The summed E-state index contributed by atoms with van der Waals surface area (Å²) >= 11 is 0. The van der Waals surface area contributed by atoms with Gasteiger partial charge in [-0.05, 0) is 57.2 Å². The van der Waals surface area contributed by atoms with Crippen LogP contribution in [-0.2, 0) is 11.8 Å². The average Bonchev–Trinajstić information content (AvgIpc) is 3.40. The van der Waals surface area contributed by atoms with Gasteiger partial charge in [0.2, 0.25) is 11.8 Å². The molecule has 0 bridgehead atoms. The van der Waals surface area contributed by atoms with Gasteiger partial charge in [0, 0.05) is 38.4 Å². The molecule has 1 unspecified atom stereocenters. The lowest BCUT2D eigenvalue weighted by Gasteiger charge is -2.31. The summed E-state index contributed by atoms with van der Waals surface area (Å²) in [7, 11) is 1.81. The molecule has 1 aliphatic carbocycles. The molecule has 1 aliphatic heterocycles. The average molecular weight is 575 g/mol. The lowest BCUT2D eigenvalue weighted by atomic mass is 9.93. The van der Waals surface area contributed by atoms with Crippen molar-refractivity contribution < 1.29 is 19.4 Å². The molecule has 1 saturated heterocycles. The van der Waals surface area contributed by atoms with E-state index in [9.17, 15) is 5.21 Å². The molecule has 2 fully saturated rings. The van der Waals surface area contributed by atoms with Crippen molar-refractivity contribution in [3.63, 3.8) is 0 Å². The highest BCUT2D eigenvalue weighted by Crippen LogP contribution is 2.34. The van der Waals surface area contributed by atoms with Crippen molar-refractivity contribution in [2.45, 2.75) is 57.8 Å². The van der Waals surface area contributed by atoms with Gasteiger partial charge >= 0.3 is 0 Å². The van der Waals surface area contributed by atoms with Crippen LogP contribution in [0.1, 0.15) is 50.0 Å². The normalized spacial score (nSPS) is 19.9. The number of rotatable bonds is 9. The smallest absolute Gasteiger partial charge is 0.227 e. The van der Waals surface area contributed by atoms with Gasteiger partial charge in [-0.15, -0.1) is 0 Å². The van der Waals surface area contributed by atoms with Crippen LogP contribution >= 0.6 is 0 Å². The topological polar surface area (TPSA) is 132 Å². The maximum atomic E-state index is 9.27. The first-order valence-electron chi connectivity index (χ1n) is 14.5. The first-order valence-corrected chi connectivity index (χ1v) is 14.5. The third-order valence-electron chi connectivity index (χ3n) is 8.01. The summed E-state index contributed by atoms with van der Waals surface area (Å²) in [5.74, 6) is 3.27. The quantitative estimate of drug-likeness (QED) is 0.241. The number of morpholine rings is 1. The first kappa shape index (κ1) is 28.0. The Morgan fingerprint density at radius 1 is 1.02 bits per heavy atom. The number of hydrogen-bond donors (Lipinski definition) is 3. The molecule has 0 radical (unpaired) electrons. The standard InChI is InChI=1S/C30H38N8O4/c1-19-4-9-27(32-16-19)34-21-5-7-22(8-6-21)42-29-24-14-23(41-20(2)26-18-33-30(36-39)37(26)3)17-31-25(24)15-28(35-29)38-10-12-40-13-11-38/h4,9,14-18,20-22,39H,5-8,10-13H2,1-3H3,(H,32,34)(H,33,36). The fourth-order valence-corrected chi connectivity index (χ4v) is 5.58. The van der Waals surface area contributed by atoms with Crippen LogP contribution in [0.25, 0.3) is 10.9 Å². The zero-order valence-electron chi connectivity index (χ0n) is 24.3. The maximum Gasteiger partial charge on any atom is 0.227 e. The van der Waals surface area contributed by atoms with E-state index in [0.717, 1.165) is 72.6 Å². The first-order chi connectivity index (χ1) is 20.5. The number of fused-ring (bicyclic) bond motifs is 1. The Hall–Kier alpha value is -4.16. The van der Waals surface area contributed by atoms with Gasteiger partial charge in [0.25, 0.3) is 0 Å². The molecule has 222 valence electrons. The Balaban J connectivity index is 1.21. The van der Waals surface area contributed by atoms with Crippen molar-refractivity contribution in [3.05, 3.63) is 54.1 Å². The van der Waals surface area contributed by atoms with Crippen LogP contribution in [0, 0.1) is 6.92 Å². The molecular formula is C30H38N8O4. The summed E-state index contributed by atoms with van der Waals surface area (Å²) in [6.45, 7) is 6.86. The summed E-state index contributed by atoms with van der Waals surface area (Å²) in [4.78, 5) is 20.6. The third-order valence-corrected chi connectivity index (χ3v) is 8.01. The van der Waals surface area contributed by atoms with Crippen molar-refractivity contribution in [1.82, 2.24) is 24.5 Å². The molecular weight excluding hydrogens is 536 g/mol. The third kappa shape index (κ3) is 6.19. The van der Waals surface area contributed by atoms with Gasteiger partial charge in [-0.25, -0.2) is 15.4 Å². The molecule has 5 heterocycles. The van der Waals surface area contributed by atoms with Crippen LogP contribution in [0.5, 0.6) is 11.6 Å². The highest BCUT2D eigenvalue weighted by Gasteiger charge is 2.25. The molecule has 6 rings (SSSR count). The summed E-state index contributed by atoms with van der Waals surface area (Å²) in [5, 5.41) is 13.7. The Morgan fingerprint density at radius 2 is 1.83 bits per heavy atom. The van der Waals surface area contributed by atoms with E-state index in [-0.39, 0.29) is 12.2 Å². The van der Waals surface area contributed by atoms with Crippen molar-refractivity contribution in [1.29, 1.82) is 0 Å². The summed E-state index contributed by atoms with van der Waals surface area (Å²) in [6, 6.07) is 8.43. The van der Waals surface area contributed by atoms with Crippen LogP contribution in [0.4, 0.5) is 17.6 Å². The highest BCUT2D eigenvalue weighted by atomic mass is 16.5. The van der Waals surface area contributed by atoms with E-state index in [2.05, 4.69) is 31.7 Å². The van der Waals surface area contributed by atoms with Gasteiger partial charge in [0.15, 0.2) is 0 Å². The van der Waals surface area contributed by atoms with Gasteiger partial charge in [-0.2, -0.15) is 4.98 Å². The molecule has 0 aromatic carbocycles. The predicted molar refractivity (Wildman–Crippen MR) is 159 cm³/mol. The minimum Gasteiger partial charge on any atom is -0.483 e. The Kier molecular flexibility index (Phi) is 8.24. The molecule has 3 N–H and O–H groups in total. The molecule has 4 aromatic heterocycles. The van der Waals surface area contributed by atoms with E-state index in [4.69, 9.17) is 24.2 Å². The van der Waals surface area contributed by atoms with E-state index in [1.807, 2.05) is 45.3 Å². The molecule has 4 aromatic rings. The van der Waals surface area contributed by atoms with Crippen molar-refractivity contribution in [2.75, 3.05) is 42.0 Å². The largest absolute Gasteiger partial charge is 0.483 e. The fraction of sp³-hybridized carbons (Fsp3) is 0.467. The van der Waals surface area contributed by atoms with Gasteiger partial charge in [0.05, 0.1) is 42.2 Å². The predicted octanol–water partition coefficient (Wildman–Crippen LogP) is 4.65. The van der Waals surface area contributed by atoms with Gasteiger partial charge < -0.3 is 29.0 Å². The van der Waals surface area contributed by atoms with Crippen LogP contribution in [0.2, 0.25) is 0 Å². The highest BCUT2D eigenvalue weighted by molar-refractivity contribution is 5.87. The maximum absolute atomic E-state index is 9.27. The van der Waals surface area contributed by atoms with Gasteiger partial charge in [-0.3, -0.25) is 10.2 Å². The molecule has 12 nitrogen and oxygen atoms in total. The molecule has 1 saturated carbocycles. The number of pyridine rings is 3. The summed E-state index contributed by atoms with van der Waals surface area (Å²) in [6.07, 6.45) is 8.80. The van der Waals surface area contributed by atoms with Gasteiger partial charge in [-0.1, -0.05) is 6.07 Å². The van der Waals surface area contributed by atoms with E-state index in [0.29, 0.717) is 36.8 Å². The number of imidazole rings is 1. The summed E-state index contributed by atoms with van der Waals surface area (Å²) < 4.78 is 20.2. The van der Waals surface area contributed by atoms with E-state index in [1.165, 1.54) is 0 Å². The number of aromatic nitrogens is 5. The Labute approximate surface area is 245 Å². The number of nitrogens with one attached hydrogen (secondary N) is 2. The second-order valence-electron chi connectivity index (χ2n) is 11.0. The number of anilines is 3. The minimum atomic E-state index is -0.334.